The van der Waals surface area contributed by atoms with E-state index in [1.165, 1.54) is 10.6 Å². The molecular weight excluding hydrogens is 211 g/mol. The first-order valence-electron chi connectivity index (χ1n) is 3.05. The van der Waals surface area contributed by atoms with Crippen LogP contribution in [0.2, 0.25) is 0 Å². The summed E-state index contributed by atoms with van der Waals surface area (Å²) in [4.78, 5) is 3.83. The average molecular weight is 215 g/mol. The molecule has 0 bridgehead atoms. The molecule has 11 heavy (non-hydrogen) atoms. The van der Waals surface area contributed by atoms with E-state index in [-0.39, 0.29) is 5.95 Å². The van der Waals surface area contributed by atoms with Crippen LogP contribution in [0.3, 0.4) is 0 Å². The maximum Gasteiger partial charge on any atom is 0.217 e. The maximum absolute atomic E-state index is 12.8. The van der Waals surface area contributed by atoms with E-state index in [0.29, 0.717) is 5.65 Å². The Morgan fingerprint density at radius 3 is 3.09 bits per heavy atom. The van der Waals surface area contributed by atoms with E-state index in [2.05, 4.69) is 20.9 Å². The minimum absolute atomic E-state index is 0.346. The summed E-state index contributed by atoms with van der Waals surface area (Å²) in [6.45, 7) is 0. The Morgan fingerprint density at radius 2 is 2.27 bits per heavy atom. The number of nitrogens with zero attached hydrogens (tertiary/aromatic N) is 2. The van der Waals surface area contributed by atoms with Gasteiger partial charge in [-0.3, -0.25) is 4.40 Å². The van der Waals surface area contributed by atoms with Crippen LogP contribution in [0.15, 0.2) is 29.0 Å². The molecule has 2 aromatic heterocycles. The summed E-state index contributed by atoms with van der Waals surface area (Å²) in [6, 6.07) is 3.56. The Kier molecular flexibility index (Phi) is 1.42. The molecule has 0 aliphatic rings. The van der Waals surface area contributed by atoms with E-state index < -0.39 is 0 Å². The van der Waals surface area contributed by atoms with Gasteiger partial charge in [-0.2, -0.15) is 4.39 Å². The molecule has 4 heteroatoms. The lowest BCUT2D eigenvalue weighted by atomic mass is 10.5. The summed E-state index contributed by atoms with van der Waals surface area (Å²) >= 11 is 3.24. The lowest BCUT2D eigenvalue weighted by Gasteiger charge is -1.93. The van der Waals surface area contributed by atoms with Crippen LogP contribution in [-0.4, -0.2) is 9.38 Å². The minimum atomic E-state index is -0.346. The Morgan fingerprint density at radius 1 is 1.45 bits per heavy atom. The van der Waals surface area contributed by atoms with Crippen LogP contribution in [0.5, 0.6) is 0 Å². The molecule has 0 amide bonds. The number of aromatic nitrogens is 2. The zero-order chi connectivity index (χ0) is 7.84. The Hall–Kier alpha value is -0.900. The standard InChI is InChI=1S/C7H4BrFN2/c8-5-1-2-7-10-3-6(9)11(7)4-5/h1-4H. The van der Waals surface area contributed by atoms with Crippen LogP contribution in [0.25, 0.3) is 5.65 Å². The van der Waals surface area contributed by atoms with Gasteiger partial charge in [0.1, 0.15) is 5.65 Å². The molecule has 56 valence electrons. The molecule has 0 fully saturated rings. The van der Waals surface area contributed by atoms with Crippen LogP contribution < -0.4 is 0 Å². The van der Waals surface area contributed by atoms with Gasteiger partial charge in [0, 0.05) is 10.7 Å². The fourth-order valence-corrected chi connectivity index (χ4v) is 1.26. The quantitative estimate of drug-likeness (QED) is 0.658. The molecule has 0 atom stereocenters. The molecule has 0 unspecified atom stereocenters. The molecule has 0 saturated carbocycles. The number of rotatable bonds is 0. The number of fused-ring (bicyclic) bond motifs is 1. The highest BCUT2D eigenvalue weighted by Crippen LogP contribution is 2.12. The predicted octanol–water partition coefficient (Wildman–Crippen LogP) is 2.24. The van der Waals surface area contributed by atoms with Gasteiger partial charge in [0.2, 0.25) is 5.95 Å². The predicted molar refractivity (Wildman–Crippen MR) is 42.9 cm³/mol. The van der Waals surface area contributed by atoms with Crippen molar-refractivity contribution < 1.29 is 4.39 Å². The summed E-state index contributed by atoms with van der Waals surface area (Å²) < 4.78 is 15.0. The van der Waals surface area contributed by atoms with Crippen LogP contribution >= 0.6 is 15.9 Å². The molecule has 0 N–H and O–H groups in total. The minimum Gasteiger partial charge on any atom is -0.275 e. The van der Waals surface area contributed by atoms with Gasteiger partial charge in [-0.15, -0.1) is 0 Å². The first-order chi connectivity index (χ1) is 5.27. The van der Waals surface area contributed by atoms with Gasteiger partial charge in [0.05, 0.1) is 6.20 Å². The Bertz CT molecular complexity index is 396. The number of pyridine rings is 1. The van der Waals surface area contributed by atoms with Gasteiger partial charge in [-0.05, 0) is 28.1 Å². The van der Waals surface area contributed by atoms with Crippen molar-refractivity contribution in [3.8, 4) is 0 Å². The maximum atomic E-state index is 12.8. The average Bonchev–Trinajstić information content (AvgIpc) is 2.33. The monoisotopic (exact) mass is 214 g/mol. The smallest absolute Gasteiger partial charge is 0.217 e. The van der Waals surface area contributed by atoms with E-state index in [1.54, 1.807) is 12.3 Å². The van der Waals surface area contributed by atoms with Gasteiger partial charge in [0.25, 0.3) is 0 Å². The molecule has 2 nitrogen and oxygen atoms in total. The molecule has 0 aliphatic heterocycles. The third kappa shape index (κ3) is 1.03. The largest absolute Gasteiger partial charge is 0.275 e. The van der Waals surface area contributed by atoms with E-state index >= 15 is 0 Å². The molecule has 2 heterocycles. The van der Waals surface area contributed by atoms with Crippen molar-refractivity contribution in [2.24, 2.45) is 0 Å². The summed E-state index contributed by atoms with van der Waals surface area (Å²) in [6.07, 6.45) is 2.83. The van der Waals surface area contributed by atoms with E-state index in [0.717, 1.165) is 4.47 Å². The number of hydrogen-bond acceptors (Lipinski definition) is 1. The van der Waals surface area contributed by atoms with Gasteiger partial charge in [-0.25, -0.2) is 4.98 Å². The zero-order valence-electron chi connectivity index (χ0n) is 5.46. The van der Waals surface area contributed by atoms with Crippen LogP contribution in [0.1, 0.15) is 0 Å². The highest BCUT2D eigenvalue weighted by molar-refractivity contribution is 9.10. The third-order valence-corrected chi connectivity index (χ3v) is 1.89. The van der Waals surface area contributed by atoms with Crippen LogP contribution in [0.4, 0.5) is 4.39 Å². The number of hydrogen-bond donors (Lipinski definition) is 0. The second kappa shape index (κ2) is 2.30. The van der Waals surface area contributed by atoms with Crippen molar-refractivity contribution in [1.82, 2.24) is 9.38 Å². The number of imidazole rings is 1. The van der Waals surface area contributed by atoms with Gasteiger partial charge in [-0.1, -0.05) is 0 Å². The van der Waals surface area contributed by atoms with Crippen LogP contribution in [-0.2, 0) is 0 Å². The molecule has 2 rings (SSSR count). The van der Waals surface area contributed by atoms with Crippen molar-refractivity contribution in [3.05, 3.63) is 34.9 Å². The SMILES string of the molecule is Fc1cnc2ccc(Br)cn12. The molecule has 0 aromatic carbocycles. The Labute approximate surface area is 70.8 Å². The summed E-state index contributed by atoms with van der Waals surface area (Å²) in [7, 11) is 0. The fourth-order valence-electron chi connectivity index (χ4n) is 0.925. The Balaban J connectivity index is 2.87. The summed E-state index contributed by atoms with van der Waals surface area (Å²) in [5.74, 6) is -0.346. The number of halogens is 2. The first kappa shape index (κ1) is 6.79. The van der Waals surface area contributed by atoms with Gasteiger partial charge >= 0.3 is 0 Å². The molecule has 0 spiro atoms. The first-order valence-corrected chi connectivity index (χ1v) is 3.85. The van der Waals surface area contributed by atoms with Crippen molar-refractivity contribution >= 4 is 21.6 Å². The molecular formula is C7H4BrFN2. The normalized spacial score (nSPS) is 10.7. The molecule has 0 saturated heterocycles. The van der Waals surface area contributed by atoms with Crippen molar-refractivity contribution in [3.63, 3.8) is 0 Å². The van der Waals surface area contributed by atoms with Crippen molar-refractivity contribution in [2.75, 3.05) is 0 Å². The molecule has 2 aromatic rings. The lowest BCUT2D eigenvalue weighted by Crippen LogP contribution is -1.86. The highest BCUT2D eigenvalue weighted by atomic mass is 79.9. The highest BCUT2D eigenvalue weighted by Gasteiger charge is 2.00. The van der Waals surface area contributed by atoms with Gasteiger partial charge in [0.15, 0.2) is 0 Å². The van der Waals surface area contributed by atoms with Crippen molar-refractivity contribution in [1.29, 1.82) is 0 Å². The second-order valence-corrected chi connectivity index (χ2v) is 3.07. The zero-order valence-corrected chi connectivity index (χ0v) is 7.05. The summed E-state index contributed by atoms with van der Waals surface area (Å²) in [5, 5.41) is 0. The van der Waals surface area contributed by atoms with E-state index in [4.69, 9.17) is 0 Å². The van der Waals surface area contributed by atoms with Crippen molar-refractivity contribution in [2.45, 2.75) is 0 Å². The topological polar surface area (TPSA) is 17.3 Å². The van der Waals surface area contributed by atoms with E-state index in [1.807, 2.05) is 6.07 Å². The third-order valence-electron chi connectivity index (χ3n) is 1.42. The lowest BCUT2D eigenvalue weighted by molar-refractivity contribution is 0.572. The molecule has 0 aliphatic carbocycles. The van der Waals surface area contributed by atoms with Gasteiger partial charge < -0.3 is 0 Å². The van der Waals surface area contributed by atoms with E-state index in [9.17, 15) is 4.39 Å². The fraction of sp³-hybridized carbons (Fsp3) is 0. The molecule has 0 radical (unpaired) electrons. The second-order valence-electron chi connectivity index (χ2n) is 2.16. The summed E-state index contributed by atoms with van der Waals surface area (Å²) in [5.41, 5.74) is 0.616. The van der Waals surface area contributed by atoms with Crippen LogP contribution in [0, 0.1) is 5.95 Å².